The predicted octanol–water partition coefficient (Wildman–Crippen LogP) is 5.23. The average Bonchev–Trinajstić information content (AvgIpc) is 2.39. The lowest BCUT2D eigenvalue weighted by Crippen LogP contribution is -2.61. The summed E-state index contributed by atoms with van der Waals surface area (Å²) in [5.74, 6) is 0. The van der Waals surface area contributed by atoms with Crippen LogP contribution in [0.4, 0.5) is 0 Å². The second-order valence-electron chi connectivity index (χ2n) is 9.86. The molecule has 0 aromatic heterocycles. The summed E-state index contributed by atoms with van der Waals surface area (Å²) in [5, 5.41) is 10.7. The molecule has 0 aromatic carbocycles. The highest BCUT2D eigenvalue weighted by Crippen LogP contribution is 2.73. The minimum absolute atomic E-state index is 0.0573. The summed E-state index contributed by atoms with van der Waals surface area (Å²) >= 11 is 0. The highest BCUT2D eigenvalue weighted by Gasteiger charge is 2.65. The summed E-state index contributed by atoms with van der Waals surface area (Å²) in [6, 6.07) is 0. The molecule has 3 fully saturated rings. The maximum absolute atomic E-state index is 10.7. The summed E-state index contributed by atoms with van der Waals surface area (Å²) in [6.45, 7) is 9.88. The zero-order valence-electron chi connectivity index (χ0n) is 14.4. The van der Waals surface area contributed by atoms with Gasteiger partial charge in [-0.25, -0.2) is 0 Å². The first-order valence-corrected chi connectivity index (χ1v) is 9.14. The van der Waals surface area contributed by atoms with Gasteiger partial charge in [0.1, 0.15) is 0 Å². The van der Waals surface area contributed by atoms with E-state index in [4.69, 9.17) is 0 Å². The first-order chi connectivity index (χ1) is 9.73. The van der Waals surface area contributed by atoms with E-state index in [1.165, 1.54) is 51.4 Å². The normalized spacial score (nSPS) is 51.6. The van der Waals surface area contributed by atoms with Gasteiger partial charge in [0.2, 0.25) is 0 Å². The fraction of sp³-hybridized carbons (Fsp3) is 0.900. The van der Waals surface area contributed by atoms with Crippen molar-refractivity contribution >= 4 is 0 Å². The summed E-state index contributed by atoms with van der Waals surface area (Å²) in [4.78, 5) is 0. The Kier molecular flexibility index (Phi) is 2.70. The van der Waals surface area contributed by atoms with Crippen molar-refractivity contribution in [2.24, 2.45) is 21.7 Å². The van der Waals surface area contributed by atoms with Crippen LogP contribution in [0.2, 0.25) is 0 Å². The second-order valence-corrected chi connectivity index (χ2v) is 9.86. The number of hydrogen-bond acceptors (Lipinski definition) is 1. The van der Waals surface area contributed by atoms with Crippen molar-refractivity contribution in [1.82, 2.24) is 0 Å². The molecular weight excluding hydrogens is 256 g/mol. The van der Waals surface area contributed by atoms with Gasteiger partial charge in [0, 0.05) is 0 Å². The third kappa shape index (κ3) is 1.62. The molecule has 3 saturated carbocycles. The van der Waals surface area contributed by atoms with Crippen molar-refractivity contribution in [2.75, 3.05) is 0 Å². The summed E-state index contributed by atoms with van der Waals surface area (Å²) in [7, 11) is 0. The van der Waals surface area contributed by atoms with Gasteiger partial charge < -0.3 is 5.11 Å². The highest BCUT2D eigenvalue weighted by molar-refractivity contribution is 5.37. The van der Waals surface area contributed by atoms with Gasteiger partial charge in [-0.2, -0.15) is 0 Å². The van der Waals surface area contributed by atoms with E-state index in [1.807, 2.05) is 11.1 Å². The monoisotopic (exact) mass is 288 g/mol. The maximum Gasteiger partial charge on any atom is 0.0599 e. The highest BCUT2D eigenvalue weighted by atomic mass is 16.3. The molecule has 1 N–H and O–H groups in total. The minimum atomic E-state index is -0.0573. The van der Waals surface area contributed by atoms with Crippen LogP contribution in [0.3, 0.4) is 0 Å². The van der Waals surface area contributed by atoms with Gasteiger partial charge in [-0.1, -0.05) is 38.8 Å². The van der Waals surface area contributed by atoms with E-state index in [0.717, 1.165) is 6.42 Å². The molecule has 2 bridgehead atoms. The van der Waals surface area contributed by atoms with Crippen LogP contribution in [-0.2, 0) is 0 Å². The molecule has 5 aliphatic carbocycles. The largest absolute Gasteiger partial charge is 0.393 e. The molecule has 1 nitrogen and oxygen atoms in total. The van der Waals surface area contributed by atoms with Crippen LogP contribution in [0.5, 0.6) is 0 Å². The molecule has 0 radical (unpaired) electrons. The van der Waals surface area contributed by atoms with Gasteiger partial charge in [-0.15, -0.1) is 0 Å². The lowest BCUT2D eigenvalue weighted by molar-refractivity contribution is -0.179. The van der Waals surface area contributed by atoms with E-state index in [9.17, 15) is 5.11 Å². The van der Waals surface area contributed by atoms with E-state index in [-0.39, 0.29) is 11.5 Å². The van der Waals surface area contributed by atoms with Gasteiger partial charge in [-0.05, 0) is 79.4 Å². The van der Waals surface area contributed by atoms with E-state index in [1.54, 1.807) is 0 Å². The molecule has 1 heteroatoms. The Hall–Kier alpha value is -0.300. The van der Waals surface area contributed by atoms with Crippen molar-refractivity contribution in [3.63, 3.8) is 0 Å². The van der Waals surface area contributed by atoms with Crippen molar-refractivity contribution in [3.05, 3.63) is 11.1 Å². The SMILES string of the molecule is CC1(C)CCCC2=C1CC[C@@]13CC[C@](C)(C[C@@]21C)[C@@H](O)C3. The molecule has 1 spiro atoms. The van der Waals surface area contributed by atoms with E-state index < -0.39 is 0 Å². The van der Waals surface area contributed by atoms with Crippen molar-refractivity contribution in [3.8, 4) is 0 Å². The molecule has 5 aliphatic rings. The van der Waals surface area contributed by atoms with Crippen LogP contribution in [-0.4, -0.2) is 11.2 Å². The Morgan fingerprint density at radius 1 is 0.905 bits per heavy atom. The van der Waals surface area contributed by atoms with Gasteiger partial charge >= 0.3 is 0 Å². The van der Waals surface area contributed by atoms with Crippen LogP contribution in [0.15, 0.2) is 11.1 Å². The Morgan fingerprint density at radius 3 is 2.38 bits per heavy atom. The fourth-order valence-electron chi connectivity index (χ4n) is 6.92. The number of allylic oxidation sites excluding steroid dienone is 2. The van der Waals surface area contributed by atoms with Crippen LogP contribution in [0.1, 0.15) is 85.5 Å². The fourth-order valence-corrected chi connectivity index (χ4v) is 6.92. The standard InChI is InChI=1S/C20H32O/c1-17(2)8-5-6-15-14(17)7-9-20-11-10-18(3,16(21)12-20)13-19(15,20)4/h16,21H,5-13H2,1-4H3/t16-,18+,19-,20-/m0/s1. The van der Waals surface area contributed by atoms with Crippen LogP contribution in [0, 0.1) is 21.7 Å². The van der Waals surface area contributed by atoms with Crippen molar-refractivity contribution in [2.45, 2.75) is 91.6 Å². The topological polar surface area (TPSA) is 20.2 Å². The first-order valence-electron chi connectivity index (χ1n) is 9.14. The summed E-state index contributed by atoms with van der Waals surface area (Å²) < 4.78 is 0. The number of aliphatic hydroxyl groups is 1. The van der Waals surface area contributed by atoms with Gasteiger partial charge in [0.25, 0.3) is 0 Å². The maximum atomic E-state index is 10.7. The minimum Gasteiger partial charge on any atom is -0.393 e. The Morgan fingerprint density at radius 2 is 1.67 bits per heavy atom. The molecule has 0 unspecified atom stereocenters. The molecule has 5 rings (SSSR count). The van der Waals surface area contributed by atoms with Gasteiger partial charge in [0.15, 0.2) is 0 Å². The number of rotatable bonds is 0. The smallest absolute Gasteiger partial charge is 0.0599 e. The molecule has 0 aromatic rings. The molecule has 0 amide bonds. The van der Waals surface area contributed by atoms with Crippen LogP contribution in [0.25, 0.3) is 0 Å². The molecule has 0 heterocycles. The number of aliphatic hydroxyl groups excluding tert-OH is 1. The molecular formula is C20H32O. The molecule has 0 saturated heterocycles. The van der Waals surface area contributed by atoms with Crippen LogP contribution >= 0.6 is 0 Å². The number of fused-ring (bicyclic) bond motifs is 2. The predicted molar refractivity (Wildman–Crippen MR) is 87.0 cm³/mol. The van der Waals surface area contributed by atoms with E-state index in [0.29, 0.717) is 16.2 Å². The Bertz CT molecular complexity index is 516. The lowest BCUT2D eigenvalue weighted by atomic mass is 9.37. The van der Waals surface area contributed by atoms with E-state index >= 15 is 0 Å². The zero-order chi connectivity index (χ0) is 15.1. The van der Waals surface area contributed by atoms with Crippen molar-refractivity contribution in [1.29, 1.82) is 0 Å². The van der Waals surface area contributed by atoms with Gasteiger partial charge in [-0.3, -0.25) is 0 Å². The third-order valence-corrected chi connectivity index (χ3v) is 8.42. The molecule has 21 heavy (non-hydrogen) atoms. The molecule has 118 valence electrons. The average molecular weight is 288 g/mol. The molecule has 4 atom stereocenters. The Balaban J connectivity index is 1.86. The zero-order valence-corrected chi connectivity index (χ0v) is 14.4. The second kappa shape index (κ2) is 3.96. The quantitative estimate of drug-likeness (QED) is 0.605. The number of hydrogen-bond donors (Lipinski definition) is 1. The third-order valence-electron chi connectivity index (χ3n) is 8.42. The summed E-state index contributed by atoms with van der Waals surface area (Å²) in [5.41, 5.74) is 5.04. The molecule has 0 aliphatic heterocycles. The Labute approximate surface area is 130 Å². The lowest BCUT2D eigenvalue weighted by Gasteiger charge is -2.68. The first kappa shape index (κ1) is 14.3. The van der Waals surface area contributed by atoms with E-state index in [2.05, 4.69) is 27.7 Å². The van der Waals surface area contributed by atoms with Crippen LogP contribution < -0.4 is 0 Å². The summed E-state index contributed by atoms with van der Waals surface area (Å²) in [6.07, 6.45) is 11.6. The van der Waals surface area contributed by atoms with Gasteiger partial charge in [0.05, 0.1) is 6.10 Å². The van der Waals surface area contributed by atoms with Crippen molar-refractivity contribution < 1.29 is 5.11 Å².